The molecular formula is C12H16ClNO3. The molecule has 0 saturated heterocycles. The highest BCUT2D eigenvalue weighted by Crippen LogP contribution is 2.06. The van der Waals surface area contributed by atoms with Crippen molar-refractivity contribution in [2.45, 2.75) is 13.8 Å². The van der Waals surface area contributed by atoms with Crippen molar-refractivity contribution < 1.29 is 14.3 Å². The molecule has 1 heterocycles. The van der Waals surface area contributed by atoms with Gasteiger partial charge in [0, 0.05) is 12.8 Å². The Hall–Kier alpha value is -1.13. The number of carbonyl (C=O) groups excluding carboxylic acids is 1. The third-order valence-corrected chi connectivity index (χ3v) is 2.10. The van der Waals surface area contributed by atoms with Crippen LogP contribution < -0.4 is 0 Å². The molecule has 0 fully saturated rings. The van der Waals surface area contributed by atoms with Crippen LogP contribution in [0, 0.1) is 5.92 Å². The second kappa shape index (κ2) is 7.25. The molecule has 4 nitrogen and oxygen atoms in total. The first-order valence-corrected chi connectivity index (χ1v) is 5.84. The highest BCUT2D eigenvalue weighted by molar-refractivity contribution is 6.29. The number of halogens is 1. The minimum absolute atomic E-state index is 0.244. The van der Waals surface area contributed by atoms with E-state index in [1.165, 1.54) is 6.20 Å². The molecule has 0 radical (unpaired) electrons. The summed E-state index contributed by atoms with van der Waals surface area (Å²) in [7, 11) is 0. The Labute approximate surface area is 106 Å². The summed E-state index contributed by atoms with van der Waals surface area (Å²) >= 11 is 5.61. The van der Waals surface area contributed by atoms with Gasteiger partial charge in [-0.25, -0.2) is 9.78 Å². The van der Waals surface area contributed by atoms with Crippen molar-refractivity contribution in [1.29, 1.82) is 0 Å². The van der Waals surface area contributed by atoms with E-state index in [1.807, 2.05) is 0 Å². The van der Waals surface area contributed by atoms with E-state index in [0.717, 1.165) is 0 Å². The molecule has 0 aliphatic carbocycles. The molecule has 0 aromatic carbocycles. The first kappa shape index (κ1) is 13.9. The number of ether oxygens (including phenoxy) is 2. The van der Waals surface area contributed by atoms with Crippen LogP contribution in [0.15, 0.2) is 18.3 Å². The third-order valence-electron chi connectivity index (χ3n) is 1.88. The lowest BCUT2D eigenvalue weighted by Crippen LogP contribution is -2.12. The monoisotopic (exact) mass is 257 g/mol. The predicted molar refractivity (Wildman–Crippen MR) is 65.2 cm³/mol. The van der Waals surface area contributed by atoms with Crippen molar-refractivity contribution in [2.24, 2.45) is 5.92 Å². The molecule has 17 heavy (non-hydrogen) atoms. The predicted octanol–water partition coefficient (Wildman–Crippen LogP) is 2.56. The molecule has 0 unspecified atom stereocenters. The molecule has 94 valence electrons. The lowest BCUT2D eigenvalue weighted by Gasteiger charge is -2.07. The van der Waals surface area contributed by atoms with Gasteiger partial charge >= 0.3 is 5.97 Å². The van der Waals surface area contributed by atoms with E-state index in [9.17, 15) is 4.79 Å². The van der Waals surface area contributed by atoms with Crippen LogP contribution in [0.3, 0.4) is 0 Å². The fourth-order valence-corrected chi connectivity index (χ4v) is 1.20. The molecule has 5 heteroatoms. The quantitative estimate of drug-likeness (QED) is 0.446. The van der Waals surface area contributed by atoms with Gasteiger partial charge in [-0.3, -0.25) is 0 Å². The summed E-state index contributed by atoms with van der Waals surface area (Å²) < 4.78 is 10.3. The van der Waals surface area contributed by atoms with Gasteiger partial charge in [0.1, 0.15) is 11.8 Å². The number of pyridine rings is 1. The zero-order valence-electron chi connectivity index (χ0n) is 9.98. The molecule has 1 aromatic rings. The zero-order chi connectivity index (χ0) is 12.7. The third kappa shape index (κ3) is 5.65. The fourth-order valence-electron chi connectivity index (χ4n) is 1.09. The highest BCUT2D eigenvalue weighted by Gasteiger charge is 2.07. The van der Waals surface area contributed by atoms with Gasteiger partial charge in [-0.1, -0.05) is 25.4 Å². The van der Waals surface area contributed by atoms with E-state index in [1.54, 1.807) is 12.1 Å². The molecule has 0 atom stereocenters. The highest BCUT2D eigenvalue weighted by atomic mass is 35.5. The fraction of sp³-hybridized carbons (Fsp3) is 0.500. The maximum atomic E-state index is 11.5. The van der Waals surface area contributed by atoms with Gasteiger partial charge in [0.2, 0.25) is 0 Å². The number of hydrogen-bond donors (Lipinski definition) is 0. The van der Waals surface area contributed by atoms with Crippen LogP contribution in [0.25, 0.3) is 0 Å². The molecule has 1 rings (SSSR count). The van der Waals surface area contributed by atoms with Crippen LogP contribution >= 0.6 is 11.6 Å². The van der Waals surface area contributed by atoms with Crippen LogP contribution in [0.1, 0.15) is 24.2 Å². The molecule has 1 aromatic heterocycles. The SMILES string of the molecule is CC(C)COCCOC(=O)c1ccc(Cl)nc1. The standard InChI is InChI=1S/C12H16ClNO3/c1-9(2)8-16-5-6-17-12(15)10-3-4-11(13)14-7-10/h3-4,7,9H,5-6,8H2,1-2H3. The van der Waals surface area contributed by atoms with E-state index in [2.05, 4.69) is 18.8 Å². The van der Waals surface area contributed by atoms with E-state index >= 15 is 0 Å². The first-order valence-electron chi connectivity index (χ1n) is 5.46. The van der Waals surface area contributed by atoms with Crippen molar-refractivity contribution >= 4 is 17.6 Å². The molecule has 0 aliphatic rings. The Balaban J connectivity index is 2.23. The number of esters is 1. The van der Waals surface area contributed by atoms with Gasteiger partial charge in [-0.05, 0) is 18.1 Å². The smallest absolute Gasteiger partial charge is 0.339 e. The Morgan fingerprint density at radius 2 is 2.18 bits per heavy atom. The number of nitrogens with zero attached hydrogens (tertiary/aromatic N) is 1. The van der Waals surface area contributed by atoms with Crippen LogP contribution in [0.4, 0.5) is 0 Å². The minimum Gasteiger partial charge on any atom is -0.460 e. The summed E-state index contributed by atoms with van der Waals surface area (Å²) in [5, 5.41) is 0.349. The van der Waals surface area contributed by atoms with Crippen LogP contribution in [0.2, 0.25) is 5.15 Å². The molecule has 0 spiro atoms. The summed E-state index contributed by atoms with van der Waals surface area (Å²) in [4.78, 5) is 15.3. The molecule has 0 N–H and O–H groups in total. The Morgan fingerprint density at radius 1 is 1.41 bits per heavy atom. The summed E-state index contributed by atoms with van der Waals surface area (Å²) in [5.74, 6) is 0.0634. The van der Waals surface area contributed by atoms with Gasteiger partial charge in [0.05, 0.1) is 12.2 Å². The van der Waals surface area contributed by atoms with Crippen molar-refractivity contribution in [3.8, 4) is 0 Å². The number of hydrogen-bond acceptors (Lipinski definition) is 4. The minimum atomic E-state index is -0.415. The van der Waals surface area contributed by atoms with Crippen molar-refractivity contribution in [2.75, 3.05) is 19.8 Å². The lowest BCUT2D eigenvalue weighted by molar-refractivity contribution is 0.0277. The summed E-state index contributed by atoms with van der Waals surface area (Å²) in [5.41, 5.74) is 0.387. The average Bonchev–Trinajstić information content (AvgIpc) is 2.29. The molecule has 0 aliphatic heterocycles. The maximum Gasteiger partial charge on any atom is 0.339 e. The van der Waals surface area contributed by atoms with Gasteiger partial charge in [-0.2, -0.15) is 0 Å². The van der Waals surface area contributed by atoms with Gasteiger partial charge in [-0.15, -0.1) is 0 Å². The Bertz CT molecular complexity index is 351. The largest absolute Gasteiger partial charge is 0.460 e. The van der Waals surface area contributed by atoms with E-state index < -0.39 is 5.97 Å². The van der Waals surface area contributed by atoms with Crippen molar-refractivity contribution in [3.05, 3.63) is 29.0 Å². The molecule has 0 amide bonds. The lowest BCUT2D eigenvalue weighted by atomic mass is 10.2. The average molecular weight is 258 g/mol. The molecule has 0 saturated carbocycles. The van der Waals surface area contributed by atoms with E-state index in [0.29, 0.717) is 29.8 Å². The Kier molecular flexibility index (Phi) is 5.94. The second-order valence-corrected chi connectivity index (χ2v) is 4.36. The van der Waals surface area contributed by atoms with Gasteiger partial charge < -0.3 is 9.47 Å². The maximum absolute atomic E-state index is 11.5. The normalized spacial score (nSPS) is 10.6. The summed E-state index contributed by atoms with van der Waals surface area (Å²) in [6.45, 7) is 5.44. The van der Waals surface area contributed by atoms with Crippen molar-refractivity contribution in [3.63, 3.8) is 0 Å². The van der Waals surface area contributed by atoms with Gasteiger partial charge in [0.25, 0.3) is 0 Å². The van der Waals surface area contributed by atoms with Gasteiger partial charge in [0.15, 0.2) is 0 Å². The van der Waals surface area contributed by atoms with Crippen LogP contribution in [-0.4, -0.2) is 30.8 Å². The Morgan fingerprint density at radius 3 is 2.76 bits per heavy atom. The number of aromatic nitrogens is 1. The first-order chi connectivity index (χ1) is 8.09. The second-order valence-electron chi connectivity index (χ2n) is 3.97. The summed E-state index contributed by atoms with van der Waals surface area (Å²) in [6.07, 6.45) is 1.39. The van der Waals surface area contributed by atoms with Crippen molar-refractivity contribution in [1.82, 2.24) is 4.98 Å². The van der Waals surface area contributed by atoms with Crippen LogP contribution in [0.5, 0.6) is 0 Å². The number of rotatable bonds is 6. The van der Waals surface area contributed by atoms with E-state index in [4.69, 9.17) is 21.1 Å². The van der Waals surface area contributed by atoms with E-state index in [-0.39, 0.29) is 6.61 Å². The number of carbonyl (C=O) groups is 1. The van der Waals surface area contributed by atoms with Crippen LogP contribution in [-0.2, 0) is 9.47 Å². The molecular weight excluding hydrogens is 242 g/mol. The molecule has 0 bridgehead atoms. The summed E-state index contributed by atoms with van der Waals surface area (Å²) in [6, 6.07) is 3.13. The topological polar surface area (TPSA) is 48.4 Å². The zero-order valence-corrected chi connectivity index (χ0v) is 10.7.